The van der Waals surface area contributed by atoms with Crippen LogP contribution in [0.5, 0.6) is 0 Å². The van der Waals surface area contributed by atoms with Gasteiger partial charge in [-0.3, -0.25) is 4.79 Å². The molecule has 128 valence electrons. The zero-order chi connectivity index (χ0) is 17.4. The van der Waals surface area contributed by atoms with E-state index in [1.165, 1.54) is 11.3 Å². The van der Waals surface area contributed by atoms with Crippen molar-refractivity contribution in [1.82, 2.24) is 14.5 Å². The first-order valence-electron chi connectivity index (χ1n) is 8.69. The molecule has 0 aliphatic carbocycles. The molecule has 25 heavy (non-hydrogen) atoms. The number of aromatic nitrogens is 2. The molecule has 2 aromatic heterocycles. The number of hydrogen-bond acceptors (Lipinski definition) is 3. The molecular formula is C20H22N4O. The van der Waals surface area contributed by atoms with Crippen molar-refractivity contribution in [3.05, 3.63) is 66.0 Å². The maximum Gasteiger partial charge on any atom is 0.258 e. The fraction of sp³-hybridized carbons (Fsp3) is 0.300. The molecule has 0 N–H and O–H groups in total. The Kier molecular flexibility index (Phi) is 3.92. The van der Waals surface area contributed by atoms with Crippen LogP contribution in [-0.2, 0) is 0 Å². The molecule has 1 aliphatic rings. The first kappa shape index (κ1) is 15.7. The minimum absolute atomic E-state index is 0.0677. The Bertz CT molecular complexity index is 917. The summed E-state index contributed by atoms with van der Waals surface area (Å²) in [5, 5.41) is 4.29. The first-order chi connectivity index (χ1) is 12.1. The maximum absolute atomic E-state index is 13.0. The van der Waals surface area contributed by atoms with Crippen LogP contribution in [0.1, 0.15) is 22.8 Å². The van der Waals surface area contributed by atoms with Gasteiger partial charge in [0.15, 0.2) is 0 Å². The summed E-state index contributed by atoms with van der Waals surface area (Å²) < 4.78 is 1.75. The number of nitrogens with zero attached hydrogens (tertiary/aromatic N) is 4. The summed E-state index contributed by atoms with van der Waals surface area (Å²) >= 11 is 0. The molecule has 5 nitrogen and oxygen atoms in total. The van der Waals surface area contributed by atoms with Crippen LogP contribution in [0, 0.1) is 6.92 Å². The van der Waals surface area contributed by atoms with E-state index in [1.807, 2.05) is 29.3 Å². The van der Waals surface area contributed by atoms with Gasteiger partial charge in [0.2, 0.25) is 0 Å². The van der Waals surface area contributed by atoms with Gasteiger partial charge in [-0.2, -0.15) is 5.10 Å². The molecule has 5 heteroatoms. The van der Waals surface area contributed by atoms with Crippen LogP contribution in [-0.4, -0.2) is 46.1 Å². The van der Waals surface area contributed by atoms with Gasteiger partial charge in [-0.15, -0.1) is 0 Å². The van der Waals surface area contributed by atoms with Crippen LogP contribution < -0.4 is 4.90 Å². The van der Waals surface area contributed by atoms with Gasteiger partial charge in [-0.05, 0) is 37.6 Å². The van der Waals surface area contributed by atoms with E-state index in [0.717, 1.165) is 25.2 Å². The highest BCUT2D eigenvalue weighted by molar-refractivity contribution is 6.00. The van der Waals surface area contributed by atoms with Crippen LogP contribution in [0.25, 0.3) is 5.52 Å². The monoisotopic (exact) mass is 334 g/mol. The average molecular weight is 334 g/mol. The van der Waals surface area contributed by atoms with Crippen LogP contribution in [0.4, 0.5) is 5.69 Å². The molecule has 0 spiro atoms. The van der Waals surface area contributed by atoms with Crippen molar-refractivity contribution in [3.63, 3.8) is 0 Å². The Morgan fingerprint density at radius 3 is 2.72 bits per heavy atom. The molecule has 0 radical (unpaired) electrons. The van der Waals surface area contributed by atoms with Gasteiger partial charge in [-0.1, -0.05) is 24.3 Å². The number of anilines is 1. The van der Waals surface area contributed by atoms with Crippen molar-refractivity contribution in [2.45, 2.75) is 19.9 Å². The molecule has 1 atom stereocenters. The molecule has 1 aromatic carbocycles. The molecule has 3 aromatic rings. The molecule has 0 bridgehead atoms. The third kappa shape index (κ3) is 2.76. The van der Waals surface area contributed by atoms with Crippen LogP contribution >= 0.6 is 0 Å². The molecule has 1 aliphatic heterocycles. The number of carbonyl (C=O) groups excluding carboxylic acids is 1. The quantitative estimate of drug-likeness (QED) is 0.723. The highest BCUT2D eigenvalue weighted by atomic mass is 16.2. The van der Waals surface area contributed by atoms with Crippen molar-refractivity contribution < 1.29 is 4.79 Å². The summed E-state index contributed by atoms with van der Waals surface area (Å²) in [6, 6.07) is 14.4. The Morgan fingerprint density at radius 2 is 1.92 bits per heavy atom. The van der Waals surface area contributed by atoms with E-state index in [9.17, 15) is 4.79 Å². The van der Waals surface area contributed by atoms with E-state index in [4.69, 9.17) is 0 Å². The van der Waals surface area contributed by atoms with E-state index < -0.39 is 0 Å². The largest absolute Gasteiger partial charge is 0.367 e. The van der Waals surface area contributed by atoms with Crippen molar-refractivity contribution >= 4 is 17.1 Å². The van der Waals surface area contributed by atoms with E-state index in [1.54, 1.807) is 10.7 Å². The Balaban J connectivity index is 1.55. The minimum atomic E-state index is 0.0677. The molecule has 3 heterocycles. The lowest BCUT2D eigenvalue weighted by atomic mass is 10.1. The number of rotatable bonds is 2. The lowest BCUT2D eigenvalue weighted by molar-refractivity contribution is 0.0676. The second-order valence-electron chi connectivity index (χ2n) is 6.67. The van der Waals surface area contributed by atoms with Gasteiger partial charge in [0.1, 0.15) is 0 Å². The van der Waals surface area contributed by atoms with Crippen LogP contribution in [0.3, 0.4) is 0 Å². The van der Waals surface area contributed by atoms with E-state index in [-0.39, 0.29) is 11.9 Å². The fourth-order valence-corrected chi connectivity index (χ4v) is 3.65. The highest BCUT2D eigenvalue weighted by Crippen LogP contribution is 2.24. The molecule has 1 fully saturated rings. The van der Waals surface area contributed by atoms with E-state index in [2.05, 4.69) is 48.1 Å². The predicted molar refractivity (Wildman–Crippen MR) is 99.1 cm³/mol. The Labute approximate surface area is 147 Å². The predicted octanol–water partition coefficient (Wildman–Crippen LogP) is 2.99. The van der Waals surface area contributed by atoms with Crippen molar-refractivity contribution in [2.75, 3.05) is 24.5 Å². The van der Waals surface area contributed by atoms with E-state index in [0.29, 0.717) is 5.56 Å². The van der Waals surface area contributed by atoms with Crippen LogP contribution in [0.2, 0.25) is 0 Å². The number of hydrogen-bond donors (Lipinski definition) is 0. The summed E-state index contributed by atoms with van der Waals surface area (Å²) in [5.41, 5.74) is 4.08. The van der Waals surface area contributed by atoms with Crippen molar-refractivity contribution in [1.29, 1.82) is 0 Å². The fourth-order valence-electron chi connectivity index (χ4n) is 3.65. The summed E-state index contributed by atoms with van der Waals surface area (Å²) in [7, 11) is 0. The SMILES string of the molecule is Cc1ccccc1N1CCN(C(=O)c2cnn3ccccc23)C(C)C1. The van der Waals surface area contributed by atoms with Gasteiger partial charge in [0, 0.05) is 37.6 Å². The molecule has 0 saturated carbocycles. The smallest absolute Gasteiger partial charge is 0.258 e. The summed E-state index contributed by atoms with van der Waals surface area (Å²) in [6.07, 6.45) is 3.55. The average Bonchev–Trinajstić information content (AvgIpc) is 3.05. The van der Waals surface area contributed by atoms with E-state index >= 15 is 0 Å². The normalized spacial score (nSPS) is 17.9. The van der Waals surface area contributed by atoms with Crippen LogP contribution in [0.15, 0.2) is 54.9 Å². The number of amides is 1. The van der Waals surface area contributed by atoms with Crippen molar-refractivity contribution in [3.8, 4) is 0 Å². The number of benzene rings is 1. The zero-order valence-corrected chi connectivity index (χ0v) is 14.6. The number of para-hydroxylation sites is 1. The topological polar surface area (TPSA) is 40.8 Å². The van der Waals surface area contributed by atoms with Gasteiger partial charge in [-0.25, -0.2) is 4.52 Å². The number of aryl methyl sites for hydroxylation is 1. The summed E-state index contributed by atoms with van der Waals surface area (Å²) in [6.45, 7) is 6.67. The third-order valence-electron chi connectivity index (χ3n) is 5.00. The summed E-state index contributed by atoms with van der Waals surface area (Å²) in [5.74, 6) is 0.0677. The third-order valence-corrected chi connectivity index (χ3v) is 5.00. The number of fused-ring (bicyclic) bond motifs is 1. The van der Waals surface area contributed by atoms with Gasteiger partial charge < -0.3 is 9.80 Å². The van der Waals surface area contributed by atoms with Gasteiger partial charge >= 0.3 is 0 Å². The Morgan fingerprint density at radius 1 is 1.12 bits per heavy atom. The molecule has 4 rings (SSSR count). The maximum atomic E-state index is 13.0. The van der Waals surface area contributed by atoms with Gasteiger partial charge in [0.05, 0.1) is 17.3 Å². The standard InChI is InChI=1S/C20H22N4O/c1-15-7-3-4-8-18(15)22-11-12-23(16(2)14-22)20(25)17-13-21-24-10-6-5-9-19(17)24/h3-10,13,16H,11-12,14H2,1-2H3. The number of pyridine rings is 1. The molecule has 1 unspecified atom stereocenters. The minimum Gasteiger partial charge on any atom is -0.367 e. The van der Waals surface area contributed by atoms with Gasteiger partial charge in [0.25, 0.3) is 5.91 Å². The molecule has 1 amide bonds. The molecule has 1 saturated heterocycles. The highest BCUT2D eigenvalue weighted by Gasteiger charge is 2.30. The summed E-state index contributed by atoms with van der Waals surface area (Å²) in [4.78, 5) is 17.4. The number of piperazine rings is 1. The Hall–Kier alpha value is -2.82. The second-order valence-corrected chi connectivity index (χ2v) is 6.67. The second kappa shape index (κ2) is 6.24. The lowest BCUT2D eigenvalue weighted by Gasteiger charge is -2.41. The number of carbonyl (C=O) groups is 1. The first-order valence-corrected chi connectivity index (χ1v) is 8.69. The van der Waals surface area contributed by atoms with Crippen molar-refractivity contribution in [2.24, 2.45) is 0 Å². The zero-order valence-electron chi connectivity index (χ0n) is 14.6. The molecular weight excluding hydrogens is 312 g/mol. The lowest BCUT2D eigenvalue weighted by Crippen LogP contribution is -2.54.